The van der Waals surface area contributed by atoms with Gasteiger partial charge in [-0.1, -0.05) is 6.07 Å². The molecule has 1 unspecified atom stereocenters. The monoisotopic (exact) mass is 368 g/mol. The molecule has 0 aliphatic carbocycles. The maximum Gasteiger partial charge on any atom is 0.315 e. The second-order valence-corrected chi connectivity index (χ2v) is 6.82. The van der Waals surface area contributed by atoms with Gasteiger partial charge in [0, 0.05) is 30.7 Å². The highest BCUT2D eigenvalue weighted by Crippen LogP contribution is 2.18. The molecule has 6 nitrogen and oxygen atoms in total. The highest BCUT2D eigenvalue weighted by molar-refractivity contribution is 5.84. The molecule has 144 valence electrons. The van der Waals surface area contributed by atoms with Gasteiger partial charge in [0.1, 0.15) is 11.6 Å². The number of halogens is 2. The van der Waals surface area contributed by atoms with Crippen molar-refractivity contribution >= 4 is 11.9 Å². The van der Waals surface area contributed by atoms with Crippen molar-refractivity contribution in [2.45, 2.75) is 45.3 Å². The van der Waals surface area contributed by atoms with Gasteiger partial charge >= 0.3 is 6.03 Å². The second kappa shape index (κ2) is 9.47. The molecule has 1 fully saturated rings. The summed E-state index contributed by atoms with van der Waals surface area (Å²) in [5.41, 5.74) is 0.0444. The third-order valence-electron chi connectivity index (χ3n) is 4.14. The zero-order chi connectivity index (χ0) is 19.1. The van der Waals surface area contributed by atoms with Gasteiger partial charge in [-0.15, -0.1) is 0 Å². The molecule has 0 saturated carbocycles. The molecular weight excluding hydrogens is 342 g/mol. The predicted octanol–water partition coefficient (Wildman–Crippen LogP) is 1.75. The van der Waals surface area contributed by atoms with E-state index in [1.165, 1.54) is 18.2 Å². The Morgan fingerprint density at radius 1 is 1.27 bits per heavy atom. The average molecular weight is 368 g/mol. The Hall–Kier alpha value is -2.22. The van der Waals surface area contributed by atoms with Crippen molar-refractivity contribution in [3.05, 3.63) is 35.4 Å². The summed E-state index contributed by atoms with van der Waals surface area (Å²) in [6.07, 6.45) is 1.59. The molecule has 1 aromatic carbocycles. The Morgan fingerprint density at radius 3 is 2.62 bits per heavy atom. The molecule has 0 radical (unpaired) electrons. The number of carbonyl (C=O) groups is 2. The van der Waals surface area contributed by atoms with Gasteiger partial charge in [-0.05, 0) is 45.4 Å². The van der Waals surface area contributed by atoms with E-state index in [4.69, 9.17) is 0 Å². The van der Waals surface area contributed by atoms with Crippen molar-refractivity contribution in [1.82, 2.24) is 20.9 Å². The molecule has 3 amide bonds. The molecule has 3 N–H and O–H groups in total. The van der Waals surface area contributed by atoms with Crippen LogP contribution in [0.3, 0.4) is 0 Å². The van der Waals surface area contributed by atoms with Crippen LogP contribution in [0.4, 0.5) is 13.6 Å². The number of amides is 3. The van der Waals surface area contributed by atoms with Gasteiger partial charge in [0.15, 0.2) is 0 Å². The van der Waals surface area contributed by atoms with Gasteiger partial charge in [-0.25, -0.2) is 13.6 Å². The van der Waals surface area contributed by atoms with Crippen LogP contribution in [0.1, 0.15) is 32.3 Å². The zero-order valence-electron chi connectivity index (χ0n) is 15.1. The topological polar surface area (TPSA) is 73.5 Å². The Balaban J connectivity index is 1.81. The van der Waals surface area contributed by atoms with E-state index < -0.39 is 17.7 Å². The highest BCUT2D eigenvalue weighted by Gasteiger charge is 2.23. The van der Waals surface area contributed by atoms with Crippen LogP contribution in [-0.2, 0) is 11.3 Å². The SMILES string of the molecule is CC(C)NC(=O)CNC(=O)NC1CCCN(Cc2c(F)cccc2F)C1. The quantitative estimate of drug-likeness (QED) is 0.716. The summed E-state index contributed by atoms with van der Waals surface area (Å²) in [5, 5.41) is 8.02. The highest BCUT2D eigenvalue weighted by atomic mass is 19.1. The number of piperidine rings is 1. The fourth-order valence-electron chi connectivity index (χ4n) is 2.99. The lowest BCUT2D eigenvalue weighted by atomic mass is 10.0. The molecular formula is C18H26F2N4O2. The van der Waals surface area contributed by atoms with Crippen LogP contribution in [0, 0.1) is 11.6 Å². The van der Waals surface area contributed by atoms with Crippen molar-refractivity contribution in [2.75, 3.05) is 19.6 Å². The predicted molar refractivity (Wildman–Crippen MR) is 94.5 cm³/mol. The van der Waals surface area contributed by atoms with E-state index in [1.54, 1.807) is 0 Å². The van der Waals surface area contributed by atoms with Gasteiger partial charge in [-0.3, -0.25) is 9.69 Å². The Bertz CT molecular complexity index is 619. The van der Waals surface area contributed by atoms with Crippen LogP contribution >= 0.6 is 0 Å². The number of likely N-dealkylation sites (tertiary alicyclic amines) is 1. The molecule has 1 aliphatic rings. The number of carbonyl (C=O) groups excluding carboxylic acids is 2. The fourth-order valence-corrected chi connectivity index (χ4v) is 2.99. The number of benzene rings is 1. The van der Waals surface area contributed by atoms with Crippen LogP contribution in [0.15, 0.2) is 18.2 Å². The van der Waals surface area contributed by atoms with Crippen molar-refractivity contribution < 1.29 is 18.4 Å². The van der Waals surface area contributed by atoms with Gasteiger partial charge in [0.2, 0.25) is 5.91 Å². The van der Waals surface area contributed by atoms with E-state index in [9.17, 15) is 18.4 Å². The average Bonchev–Trinajstić information content (AvgIpc) is 2.56. The van der Waals surface area contributed by atoms with Crippen LogP contribution in [0.5, 0.6) is 0 Å². The van der Waals surface area contributed by atoms with Crippen molar-refractivity contribution in [3.8, 4) is 0 Å². The lowest BCUT2D eigenvalue weighted by Gasteiger charge is -2.33. The van der Waals surface area contributed by atoms with E-state index in [0.29, 0.717) is 13.1 Å². The third kappa shape index (κ3) is 6.25. The second-order valence-electron chi connectivity index (χ2n) is 6.82. The van der Waals surface area contributed by atoms with Crippen molar-refractivity contribution in [1.29, 1.82) is 0 Å². The lowest BCUT2D eigenvalue weighted by Crippen LogP contribution is -2.51. The Labute approximate surface area is 152 Å². The molecule has 1 saturated heterocycles. The van der Waals surface area contributed by atoms with E-state index >= 15 is 0 Å². The summed E-state index contributed by atoms with van der Waals surface area (Å²) in [7, 11) is 0. The first-order valence-corrected chi connectivity index (χ1v) is 8.84. The number of urea groups is 1. The van der Waals surface area contributed by atoms with Crippen molar-refractivity contribution in [3.63, 3.8) is 0 Å². The molecule has 0 aromatic heterocycles. The Kier molecular flexibility index (Phi) is 7.32. The summed E-state index contributed by atoms with van der Waals surface area (Å²) in [6.45, 7) is 4.96. The molecule has 1 aromatic rings. The molecule has 0 bridgehead atoms. The van der Waals surface area contributed by atoms with E-state index in [0.717, 1.165) is 12.8 Å². The normalized spacial score (nSPS) is 17.8. The summed E-state index contributed by atoms with van der Waals surface area (Å²) >= 11 is 0. The molecule has 1 aliphatic heterocycles. The minimum absolute atomic E-state index is 0.0121. The molecule has 1 heterocycles. The Morgan fingerprint density at radius 2 is 1.96 bits per heavy atom. The van der Waals surface area contributed by atoms with Crippen molar-refractivity contribution in [2.24, 2.45) is 0 Å². The van der Waals surface area contributed by atoms with Gasteiger partial charge in [0.05, 0.1) is 6.54 Å². The summed E-state index contributed by atoms with van der Waals surface area (Å²) in [4.78, 5) is 25.4. The van der Waals surface area contributed by atoms with Crippen LogP contribution in [0.2, 0.25) is 0 Å². The van der Waals surface area contributed by atoms with Crippen LogP contribution in [-0.4, -0.2) is 48.6 Å². The number of nitrogens with zero attached hydrogens (tertiary/aromatic N) is 1. The first-order valence-electron chi connectivity index (χ1n) is 8.84. The molecule has 1 atom stereocenters. The summed E-state index contributed by atoms with van der Waals surface area (Å²) in [5.74, 6) is -1.38. The van der Waals surface area contributed by atoms with E-state index in [-0.39, 0.29) is 36.6 Å². The lowest BCUT2D eigenvalue weighted by molar-refractivity contribution is -0.120. The fraction of sp³-hybridized carbons (Fsp3) is 0.556. The number of rotatable bonds is 6. The first kappa shape index (κ1) is 20.1. The molecule has 8 heteroatoms. The summed E-state index contributed by atoms with van der Waals surface area (Å²) in [6, 6.07) is 3.29. The maximum absolute atomic E-state index is 13.8. The number of hydrogen-bond donors (Lipinski definition) is 3. The molecule has 26 heavy (non-hydrogen) atoms. The van der Waals surface area contributed by atoms with Gasteiger partial charge in [-0.2, -0.15) is 0 Å². The first-order chi connectivity index (χ1) is 12.3. The number of hydrogen-bond acceptors (Lipinski definition) is 3. The smallest absolute Gasteiger partial charge is 0.315 e. The maximum atomic E-state index is 13.8. The van der Waals surface area contributed by atoms with E-state index in [2.05, 4.69) is 16.0 Å². The van der Waals surface area contributed by atoms with Gasteiger partial charge in [0.25, 0.3) is 0 Å². The minimum atomic E-state index is -0.561. The third-order valence-corrected chi connectivity index (χ3v) is 4.14. The molecule has 2 rings (SSSR count). The zero-order valence-corrected chi connectivity index (χ0v) is 15.1. The molecule has 0 spiro atoms. The van der Waals surface area contributed by atoms with Crippen LogP contribution < -0.4 is 16.0 Å². The number of nitrogens with one attached hydrogen (secondary N) is 3. The van der Waals surface area contributed by atoms with E-state index in [1.807, 2.05) is 18.7 Å². The minimum Gasteiger partial charge on any atom is -0.352 e. The largest absolute Gasteiger partial charge is 0.352 e. The standard InChI is InChI=1S/C18H26F2N4O2/c1-12(2)22-17(25)9-21-18(26)23-13-5-4-8-24(10-13)11-14-15(19)6-3-7-16(14)20/h3,6-7,12-13H,4-5,8-11H2,1-2H3,(H,22,25)(H2,21,23,26). The van der Waals surface area contributed by atoms with Gasteiger partial charge < -0.3 is 16.0 Å². The summed E-state index contributed by atoms with van der Waals surface area (Å²) < 4.78 is 27.6. The van der Waals surface area contributed by atoms with Crippen LogP contribution in [0.25, 0.3) is 0 Å².